The number of sulfone groups is 1. The van der Waals surface area contributed by atoms with Crippen LogP contribution in [-0.2, 0) is 33.1 Å². The van der Waals surface area contributed by atoms with E-state index in [2.05, 4.69) is 26.7 Å². The zero-order chi connectivity index (χ0) is 36.6. The Morgan fingerprint density at radius 1 is 0.865 bits per heavy atom. The molecule has 3 N–H and O–H groups in total. The van der Waals surface area contributed by atoms with Crippen molar-refractivity contribution in [2.75, 3.05) is 23.9 Å². The average molecular weight is 765 g/mol. The van der Waals surface area contributed by atoms with Crippen LogP contribution in [0.5, 0.6) is 5.75 Å². The topological polar surface area (TPSA) is 161 Å². The molecule has 6 rings (SSSR count). The highest BCUT2D eigenvalue weighted by Gasteiger charge is 2.12. The Labute approximate surface area is 309 Å². The van der Waals surface area contributed by atoms with E-state index in [-0.39, 0.29) is 18.1 Å². The molecule has 6 aromatic rings. The molecule has 0 atom stereocenters. The van der Waals surface area contributed by atoms with Crippen molar-refractivity contribution in [2.45, 2.75) is 39.3 Å². The molecule has 0 radical (unpaired) electrons. The second-order valence-electron chi connectivity index (χ2n) is 11.9. The van der Waals surface area contributed by atoms with E-state index in [4.69, 9.17) is 25.3 Å². The molecule has 14 heteroatoms. The molecule has 2 heterocycles. The van der Waals surface area contributed by atoms with Crippen LogP contribution in [0.2, 0.25) is 5.02 Å². The first-order valence-corrected chi connectivity index (χ1v) is 19.6. The van der Waals surface area contributed by atoms with Gasteiger partial charge in [-0.1, -0.05) is 66.6 Å². The van der Waals surface area contributed by atoms with Gasteiger partial charge in [-0.15, -0.1) is 0 Å². The number of hydrogen-bond acceptors (Lipinski definition) is 10. The summed E-state index contributed by atoms with van der Waals surface area (Å²) in [5.74, 6) is 2.71. The molecule has 11 nitrogen and oxygen atoms in total. The van der Waals surface area contributed by atoms with Crippen LogP contribution in [0.3, 0.4) is 0 Å². The molecule has 0 saturated carbocycles. The number of nitrogens with zero attached hydrogens (tertiary/aromatic N) is 2. The van der Waals surface area contributed by atoms with Gasteiger partial charge < -0.3 is 19.8 Å². The first-order valence-electron chi connectivity index (χ1n) is 15.7. The van der Waals surface area contributed by atoms with Crippen LogP contribution in [0, 0.1) is 13.8 Å². The van der Waals surface area contributed by atoms with Crippen LogP contribution < -0.4 is 15.4 Å². The minimum absolute atomic E-state index is 0. The molecule has 0 amide bonds. The van der Waals surface area contributed by atoms with Crippen molar-refractivity contribution in [3.8, 4) is 17.1 Å². The summed E-state index contributed by atoms with van der Waals surface area (Å²) in [5, 5.41) is 7.75. The number of halogens is 1. The first kappa shape index (κ1) is 40.0. The Kier molecular flexibility index (Phi) is 13.6. The molecule has 2 aromatic heterocycles. The molecule has 274 valence electrons. The second-order valence-corrected chi connectivity index (χ2v) is 16.0. The molecule has 4 aromatic carbocycles. The maximum Gasteiger partial charge on any atom is 0.294 e. The van der Waals surface area contributed by atoms with Gasteiger partial charge in [0.15, 0.2) is 0 Å². The van der Waals surface area contributed by atoms with Gasteiger partial charge >= 0.3 is 0 Å². The van der Waals surface area contributed by atoms with E-state index in [0.717, 1.165) is 33.3 Å². The number of ether oxygens (including phenoxy) is 1. The lowest BCUT2D eigenvalue weighted by Gasteiger charge is -2.12. The van der Waals surface area contributed by atoms with Crippen molar-refractivity contribution in [3.05, 3.63) is 131 Å². The Balaban J connectivity index is 0.000000433. The highest BCUT2D eigenvalue weighted by Crippen LogP contribution is 2.33. The Hall–Kier alpha value is -4.79. The predicted molar refractivity (Wildman–Crippen MR) is 207 cm³/mol. The number of hydrogen-bond donors (Lipinski definition) is 3. The Morgan fingerprint density at radius 2 is 1.63 bits per heavy atom. The second kappa shape index (κ2) is 17.6. The van der Waals surface area contributed by atoms with Crippen LogP contribution in [0.25, 0.3) is 22.2 Å². The van der Waals surface area contributed by atoms with E-state index >= 15 is 0 Å². The van der Waals surface area contributed by atoms with Gasteiger partial charge in [0.1, 0.15) is 45.9 Å². The van der Waals surface area contributed by atoms with Gasteiger partial charge in [-0.3, -0.25) is 4.55 Å². The van der Waals surface area contributed by atoms with Crippen molar-refractivity contribution in [3.63, 3.8) is 0 Å². The van der Waals surface area contributed by atoms with Crippen molar-refractivity contribution in [1.29, 1.82) is 0 Å². The van der Waals surface area contributed by atoms with Crippen LogP contribution in [0.4, 0.5) is 11.5 Å². The quantitative estimate of drug-likeness (QED) is 0.0814. The monoisotopic (exact) mass is 764 g/mol. The zero-order valence-electron chi connectivity index (χ0n) is 28.1. The van der Waals surface area contributed by atoms with Gasteiger partial charge in [0.05, 0.1) is 27.7 Å². The van der Waals surface area contributed by atoms with Gasteiger partial charge in [0.25, 0.3) is 10.1 Å². The molecule has 0 unspecified atom stereocenters. The van der Waals surface area contributed by atoms with Crippen molar-refractivity contribution in [1.82, 2.24) is 15.3 Å². The third-order valence-electron chi connectivity index (χ3n) is 7.52. The summed E-state index contributed by atoms with van der Waals surface area (Å²) >= 11 is 6.54. The maximum atomic E-state index is 11.3. The van der Waals surface area contributed by atoms with E-state index in [0.29, 0.717) is 47.8 Å². The third-order valence-corrected chi connectivity index (χ3v) is 9.63. The molecule has 0 aliphatic rings. The standard InChI is InChI=1S/C30H29ClN4O4S.C7H8O3S.CH4/c1-20-4-3-5-21(14-20)18-38-29-10-7-23(16-26(29)31)35-30-25-15-22(6-9-27(25)33-19-34-30)28-11-8-24(39-28)17-32-12-13-40(2,36)37;1-6-2-4-7(5-3-6)11(8,9)10;/h3-11,14-16,19,32H,12-13,17-18H2,1-2H3,(H,33,34,35);2-5H,1H3,(H,8,9,10);1H4. The molecule has 0 spiro atoms. The van der Waals surface area contributed by atoms with Gasteiger partial charge in [-0.2, -0.15) is 8.42 Å². The van der Waals surface area contributed by atoms with E-state index in [1.807, 2.05) is 74.5 Å². The summed E-state index contributed by atoms with van der Waals surface area (Å²) in [4.78, 5) is 8.79. The first-order chi connectivity index (χ1) is 24.2. The number of benzene rings is 4. The minimum atomic E-state index is -4.02. The molecule has 0 saturated heterocycles. The largest absolute Gasteiger partial charge is 0.487 e. The van der Waals surface area contributed by atoms with Crippen LogP contribution >= 0.6 is 11.6 Å². The molecule has 0 fully saturated rings. The third kappa shape index (κ3) is 11.6. The molecule has 0 aliphatic heterocycles. The lowest BCUT2D eigenvalue weighted by Crippen LogP contribution is -2.21. The van der Waals surface area contributed by atoms with E-state index < -0.39 is 20.0 Å². The fraction of sp³-hybridized carbons (Fsp3) is 0.211. The van der Waals surface area contributed by atoms with E-state index in [9.17, 15) is 16.8 Å². The van der Waals surface area contributed by atoms with Crippen LogP contribution in [0.1, 0.15) is 29.9 Å². The summed E-state index contributed by atoms with van der Waals surface area (Å²) < 4.78 is 64.1. The summed E-state index contributed by atoms with van der Waals surface area (Å²) in [6.07, 6.45) is 2.73. The van der Waals surface area contributed by atoms with E-state index in [1.165, 1.54) is 30.3 Å². The highest BCUT2D eigenvalue weighted by molar-refractivity contribution is 7.90. The molecule has 52 heavy (non-hydrogen) atoms. The minimum Gasteiger partial charge on any atom is -0.487 e. The Morgan fingerprint density at radius 3 is 2.33 bits per heavy atom. The number of aromatic nitrogens is 2. The van der Waals surface area contributed by atoms with Crippen molar-refractivity contribution < 1.29 is 30.5 Å². The number of aryl methyl sites for hydroxylation is 2. The number of anilines is 2. The number of fused-ring (bicyclic) bond motifs is 1. The van der Waals surface area contributed by atoms with Crippen LogP contribution in [-0.4, -0.2) is 49.9 Å². The van der Waals surface area contributed by atoms with E-state index in [1.54, 1.807) is 18.2 Å². The molecular weight excluding hydrogens is 724 g/mol. The fourth-order valence-corrected chi connectivity index (χ4v) is 6.14. The summed E-state index contributed by atoms with van der Waals surface area (Å²) in [5.41, 5.74) is 5.62. The summed E-state index contributed by atoms with van der Waals surface area (Å²) in [7, 11) is -7.03. The molecule has 0 bridgehead atoms. The number of nitrogens with one attached hydrogen (secondary N) is 2. The summed E-state index contributed by atoms with van der Waals surface area (Å²) in [6, 6.07) is 29.3. The highest BCUT2D eigenvalue weighted by atomic mass is 35.5. The van der Waals surface area contributed by atoms with Gasteiger partial charge in [0, 0.05) is 29.4 Å². The lowest BCUT2D eigenvalue weighted by atomic mass is 10.1. The average Bonchev–Trinajstić information content (AvgIpc) is 3.55. The van der Waals surface area contributed by atoms with Gasteiger partial charge in [-0.05, 0) is 80.1 Å². The normalized spacial score (nSPS) is 11.3. The SMILES string of the molecule is C.Cc1ccc(S(=O)(=O)O)cc1.Cc1cccc(COc2ccc(Nc3ncnc4ccc(-c5ccc(CNCCS(C)(=O)=O)o5)cc34)cc2Cl)c1. The smallest absolute Gasteiger partial charge is 0.294 e. The van der Waals surface area contributed by atoms with Crippen molar-refractivity contribution in [2.24, 2.45) is 0 Å². The predicted octanol–water partition coefficient (Wildman–Crippen LogP) is 8.19. The van der Waals surface area contributed by atoms with Crippen molar-refractivity contribution >= 4 is 54.0 Å². The summed E-state index contributed by atoms with van der Waals surface area (Å²) in [6.45, 7) is 5.12. The van der Waals surface area contributed by atoms with Crippen LogP contribution in [0.15, 0.2) is 113 Å². The number of rotatable bonds is 12. The lowest BCUT2D eigenvalue weighted by molar-refractivity contribution is 0.306. The molecule has 0 aliphatic carbocycles. The number of furan rings is 1. The maximum absolute atomic E-state index is 11.3. The zero-order valence-corrected chi connectivity index (χ0v) is 30.5. The Bertz CT molecular complexity index is 2350. The fourth-order valence-electron chi connectivity index (χ4n) is 4.91. The molecular formula is C38H41ClN4O7S2. The van der Waals surface area contributed by atoms with Gasteiger partial charge in [-0.25, -0.2) is 18.4 Å². The van der Waals surface area contributed by atoms with Gasteiger partial charge in [0.2, 0.25) is 0 Å².